The van der Waals surface area contributed by atoms with Crippen LogP contribution in [0.3, 0.4) is 0 Å². The van der Waals surface area contributed by atoms with E-state index < -0.39 is 175 Å². The number of nitrogens with zero attached hydrogens (tertiary/aromatic N) is 2. The molecule has 0 spiro atoms. The van der Waals surface area contributed by atoms with Gasteiger partial charge in [0.15, 0.2) is 28.9 Å². The summed E-state index contributed by atoms with van der Waals surface area (Å²) in [7, 11) is 1.73. The molecule has 0 aliphatic carbocycles. The summed E-state index contributed by atoms with van der Waals surface area (Å²) < 4.78 is 21.7. The van der Waals surface area contributed by atoms with Crippen LogP contribution in [0.5, 0.6) is 0 Å². The number of likely N-dealkylation sites (tertiary alicyclic amines) is 2. The largest absolute Gasteiger partial charge is 0.396 e. The quantitative estimate of drug-likeness (QED) is 0.0387. The second-order valence-corrected chi connectivity index (χ2v) is 37.5. The van der Waals surface area contributed by atoms with E-state index in [1.165, 1.54) is 28.5 Å². The molecule has 4 aliphatic rings. The van der Waals surface area contributed by atoms with Crippen molar-refractivity contribution in [1.29, 1.82) is 0 Å². The van der Waals surface area contributed by atoms with Gasteiger partial charge in [-0.15, -0.1) is 0 Å². The lowest BCUT2D eigenvalue weighted by Gasteiger charge is -2.32. The van der Waals surface area contributed by atoms with E-state index in [9.17, 15) is 96.8 Å². The van der Waals surface area contributed by atoms with Gasteiger partial charge in [0, 0.05) is 112 Å². The first-order chi connectivity index (χ1) is 59.7. The Hall–Kier alpha value is -7.43. The molecule has 0 aromatic rings. The number of likely N-dealkylation sites (N-methyl/N-ethyl adjacent to an activating group) is 1. The van der Waals surface area contributed by atoms with E-state index in [-0.39, 0.29) is 156 Å². The molecule has 4 aliphatic heterocycles. The van der Waals surface area contributed by atoms with Gasteiger partial charge in [-0.1, -0.05) is 82.1 Å². The molecule has 0 unspecified atom stereocenters. The second-order valence-electron chi connectivity index (χ2n) is 35.2. The summed E-state index contributed by atoms with van der Waals surface area (Å²) in [6.45, 7) is 19.8. The number of fused-ring (bicyclic) bond motifs is 1. The van der Waals surface area contributed by atoms with Gasteiger partial charge >= 0.3 is 0 Å². The van der Waals surface area contributed by atoms with Gasteiger partial charge in [-0.05, 0) is 133 Å². The fourth-order valence-corrected chi connectivity index (χ4v) is 18.0. The topological polar surface area (TPSA) is 543 Å². The van der Waals surface area contributed by atoms with Gasteiger partial charge < -0.3 is 98.1 Å². The Labute approximate surface area is 752 Å². The Morgan fingerprint density at radius 3 is 1.65 bits per heavy atom. The molecular formula is C88H150N12O24S2. The van der Waals surface area contributed by atoms with Crippen LogP contribution in [0.4, 0.5) is 0 Å². The van der Waals surface area contributed by atoms with Crippen molar-refractivity contribution in [3.63, 3.8) is 0 Å². The summed E-state index contributed by atoms with van der Waals surface area (Å²) in [5.74, 6) is -9.84. The molecule has 38 heteroatoms. The minimum absolute atomic E-state index is 0.00317. The van der Waals surface area contributed by atoms with E-state index in [0.717, 1.165) is 31.4 Å². The summed E-state index contributed by atoms with van der Waals surface area (Å²) in [6, 6.07) is -7.07. The molecule has 36 nitrogen and oxygen atoms in total. The highest BCUT2D eigenvalue weighted by molar-refractivity contribution is 8.00. The minimum Gasteiger partial charge on any atom is -0.396 e. The number of aliphatic hydroxyl groups is 3. The van der Waals surface area contributed by atoms with Gasteiger partial charge in [0.05, 0.1) is 94.9 Å². The summed E-state index contributed by atoms with van der Waals surface area (Å²) in [6.07, 6.45) is 9.13. The van der Waals surface area contributed by atoms with Crippen molar-refractivity contribution in [3.05, 3.63) is 0 Å². The second kappa shape index (κ2) is 61.2. The van der Waals surface area contributed by atoms with Crippen LogP contribution in [-0.2, 0) is 100 Å². The van der Waals surface area contributed by atoms with E-state index in [0.29, 0.717) is 101 Å². The number of ether oxygens (including phenoxy) is 4. The highest BCUT2D eigenvalue weighted by Gasteiger charge is 2.45. The van der Waals surface area contributed by atoms with E-state index in [2.05, 4.69) is 42.5 Å². The molecule has 11 amide bonds. The van der Waals surface area contributed by atoms with Gasteiger partial charge in [-0.25, -0.2) is 0 Å². The van der Waals surface area contributed by atoms with Gasteiger partial charge in [-0.2, -0.15) is 23.5 Å². The molecule has 4 heterocycles. The molecule has 0 radical (unpaired) electrons. The molecular weight excluding hydrogens is 1670 g/mol. The number of carbonyl (C=O) groups is 17. The number of rotatable bonds is 66. The molecule has 0 saturated carbocycles. The number of nitrogens with one attached hydrogen (secondary N) is 8. The average Bonchev–Trinajstić information content (AvgIpc) is 1.08. The van der Waals surface area contributed by atoms with E-state index >= 15 is 0 Å². The average molecular weight is 1820 g/mol. The van der Waals surface area contributed by atoms with Crippen LogP contribution in [0.1, 0.15) is 217 Å². The molecule has 126 heavy (non-hydrogen) atoms. The normalized spacial score (nSPS) is 19.3. The number of hydrogen-bond acceptors (Lipinski definition) is 27. The first-order valence-corrected chi connectivity index (χ1v) is 47.5. The number of Topliss-reactive ketones (excluding diaryl/α,β-unsaturated/α-hetero) is 6. The van der Waals surface area contributed by atoms with Crippen molar-refractivity contribution in [2.45, 2.75) is 277 Å². The molecule has 4 fully saturated rings. The molecule has 4 rings (SSSR count). The van der Waals surface area contributed by atoms with E-state index in [1.807, 2.05) is 87.3 Å². The number of aliphatic hydroxyl groups excluding tert-OH is 3. The standard InChI is InChI=1S/C44H72N6O14S2.C44H78N6O10/c1-29(52)36-9-5-15-50(36)44(60)34(25-51)49-43(59)30(11-12-39(45)55)23-37(54)33(13-22-65-2)47-42(58)27-64-21-19-62-17-14-46-41(57)26-63-20-18-61-16-6-8-31(53)7-3-4-10-38-32-24-40(56)48-35(32)28-66-38;1-12-28(10)39(46-11)38(55)21-31(27(8)9)42(58)49-34(18-26(6)7)44(60)50-15-13-14-35(50)43(59)48-33(17-25(4)5)37(54)20-30(23-52)41(57)47-32(16-24(2)3)36(53)19-29(22-51)40(45)56/h30,32-36,38,51H,3-28H2,1-2H3,(H2,45,55)(H,46,57)(H,47,58)(H,48,56)(H,49,59);24-35,39,46,51-52H,12-23H2,1-11H3,(H2,45,56)(H,47,57)(H,48,59)(H,49,58)/t30-,32+,33+,34+,35+,36+,38+;28-,29-,30-,31-,32-,33-,34-,35-,39-/m10/s1. The number of ketones is 6. The number of unbranched alkanes of at least 4 members (excludes halogenated alkanes) is 1. The molecule has 0 aromatic heterocycles. The first-order valence-electron chi connectivity index (χ1n) is 45.1. The maximum Gasteiger partial charge on any atom is 0.248 e. The van der Waals surface area contributed by atoms with Crippen molar-refractivity contribution >= 4 is 123 Å². The van der Waals surface area contributed by atoms with Crippen LogP contribution >= 0.6 is 23.5 Å². The Morgan fingerprint density at radius 2 is 1.09 bits per heavy atom. The zero-order chi connectivity index (χ0) is 94.3. The third-order valence-corrected chi connectivity index (χ3v) is 25.4. The van der Waals surface area contributed by atoms with Crippen molar-refractivity contribution in [3.8, 4) is 0 Å². The Bertz CT molecular complexity index is 3500. The summed E-state index contributed by atoms with van der Waals surface area (Å²) in [4.78, 5) is 223. The zero-order valence-corrected chi connectivity index (χ0v) is 78.3. The smallest absolute Gasteiger partial charge is 0.248 e. The zero-order valence-electron chi connectivity index (χ0n) is 76.7. The van der Waals surface area contributed by atoms with Crippen LogP contribution in [-0.4, -0.2) is 302 Å². The maximum absolute atomic E-state index is 14.3. The Morgan fingerprint density at radius 1 is 0.563 bits per heavy atom. The highest BCUT2D eigenvalue weighted by atomic mass is 32.2. The fraction of sp³-hybridized carbons (Fsp3) is 0.807. The summed E-state index contributed by atoms with van der Waals surface area (Å²) in [5, 5.41) is 52.5. The van der Waals surface area contributed by atoms with Crippen LogP contribution < -0.4 is 54.0 Å². The number of hydrogen-bond donors (Lipinski definition) is 13. The number of nitrogens with two attached hydrogens (primary N) is 2. The molecule has 16 atom stereocenters. The fourth-order valence-electron chi connectivity index (χ4n) is 15.9. The molecule has 4 saturated heterocycles. The minimum atomic E-state index is -1.37. The lowest BCUT2D eigenvalue weighted by Crippen LogP contribution is -2.56. The van der Waals surface area contributed by atoms with Crippen LogP contribution in [0.25, 0.3) is 0 Å². The number of amides is 11. The Kier molecular flexibility index (Phi) is 54.8. The van der Waals surface area contributed by atoms with Gasteiger partial charge in [0.2, 0.25) is 65.0 Å². The molecule has 718 valence electrons. The van der Waals surface area contributed by atoms with E-state index in [1.54, 1.807) is 7.05 Å². The predicted molar refractivity (Wildman–Crippen MR) is 475 cm³/mol. The third-order valence-electron chi connectivity index (χ3n) is 23.2. The summed E-state index contributed by atoms with van der Waals surface area (Å²) in [5.41, 5.74) is 10.6. The SMILES string of the molecule is CC[C@H](C)[C@H](NC)C(=O)C[C@H](C(=O)N[C@@H](CC(C)C)C(=O)N1CCC[C@H]1C(=O)N[C@@H](CC(C)C)C(=O)C[C@@H](CO)C(=O)N[C@@H](CC(C)C)C(=O)C[C@@H](CO)C(N)=O)C(C)C.CSCC[C@H](NC(=O)COCCOCCNC(=O)COCCOCCCC(=O)CCCC[C@@H]1SC[C@@H]2NC(=O)C[C@@H]21)C(=O)C[C@@H](CCC(N)=O)C(=O)N[C@@H](CO)C(=O)N1CCC[C@H]1C(C)=O. The first kappa shape index (κ1) is 113. The van der Waals surface area contributed by atoms with Gasteiger partial charge in [0.1, 0.15) is 37.1 Å². The lowest BCUT2D eigenvalue weighted by molar-refractivity contribution is -0.143. The number of thioether (sulfide) groups is 2. The van der Waals surface area contributed by atoms with Gasteiger partial charge in [0.25, 0.3) is 0 Å². The summed E-state index contributed by atoms with van der Waals surface area (Å²) >= 11 is 3.39. The van der Waals surface area contributed by atoms with Crippen molar-refractivity contribution in [1.82, 2.24) is 52.3 Å². The molecule has 0 aromatic carbocycles. The Balaban J connectivity index is 0.000000654. The van der Waals surface area contributed by atoms with Crippen molar-refractivity contribution in [2.75, 3.05) is 117 Å². The van der Waals surface area contributed by atoms with E-state index in [4.69, 9.17) is 30.4 Å². The highest BCUT2D eigenvalue weighted by Crippen LogP contribution is 2.41. The van der Waals surface area contributed by atoms with Gasteiger partial charge in [-0.3, -0.25) is 81.5 Å². The number of carbonyl (C=O) groups excluding carboxylic acids is 17. The van der Waals surface area contributed by atoms with Crippen molar-refractivity contribution in [2.24, 2.45) is 70.6 Å². The number of primary amides is 2. The predicted octanol–water partition coefficient (Wildman–Crippen LogP) is 1.89. The van der Waals surface area contributed by atoms with Crippen LogP contribution in [0, 0.1) is 59.2 Å². The maximum atomic E-state index is 14.3. The molecule has 0 bridgehead atoms. The third kappa shape index (κ3) is 41.6. The monoisotopic (exact) mass is 1820 g/mol. The van der Waals surface area contributed by atoms with Crippen LogP contribution in [0.15, 0.2) is 0 Å². The molecule has 15 N–H and O–H groups in total. The van der Waals surface area contributed by atoms with Crippen LogP contribution in [0.2, 0.25) is 0 Å². The lowest BCUT2D eigenvalue weighted by atomic mass is 9.84. The van der Waals surface area contributed by atoms with Crippen molar-refractivity contribution < 1.29 is 116 Å².